The summed E-state index contributed by atoms with van der Waals surface area (Å²) in [6.45, 7) is 3.90. The Balaban J connectivity index is 2.06. The van der Waals surface area contributed by atoms with Crippen molar-refractivity contribution in [2.45, 2.75) is 122 Å². The Bertz CT molecular complexity index is 722. The summed E-state index contributed by atoms with van der Waals surface area (Å²) in [6, 6.07) is 3.47. The first-order valence-electron chi connectivity index (χ1n) is 13.4. The summed E-state index contributed by atoms with van der Waals surface area (Å²) in [5.74, 6) is -1.59. The molecule has 35 heavy (non-hydrogen) atoms. The quantitative estimate of drug-likeness (QED) is 0.154. The third kappa shape index (κ3) is 14.2. The fourth-order valence-electron chi connectivity index (χ4n) is 4.03. The molecule has 0 bridgehead atoms. The van der Waals surface area contributed by atoms with E-state index in [1.165, 1.54) is 96.1 Å². The Morgan fingerprint density at radius 2 is 1.26 bits per heavy atom. The van der Waals surface area contributed by atoms with Crippen LogP contribution >= 0.6 is 0 Å². The van der Waals surface area contributed by atoms with Crippen molar-refractivity contribution in [2.24, 2.45) is 0 Å². The minimum atomic E-state index is -4.65. The lowest BCUT2D eigenvalue weighted by molar-refractivity contribution is -0.145. The predicted octanol–water partition coefficient (Wildman–Crippen LogP) is 8.24. The Kier molecular flexibility index (Phi) is 16.2. The zero-order chi connectivity index (χ0) is 25.9. The number of hydrogen-bond donors (Lipinski definition) is 1. The molecule has 0 saturated carbocycles. The first kappa shape index (κ1) is 31.0. The lowest BCUT2D eigenvalue weighted by Gasteiger charge is -2.16. The molecule has 1 aromatic rings. The van der Waals surface area contributed by atoms with Crippen LogP contribution in [0.2, 0.25) is 0 Å². The van der Waals surface area contributed by atoms with E-state index >= 15 is 0 Å². The van der Waals surface area contributed by atoms with Gasteiger partial charge in [-0.05, 0) is 25.5 Å². The summed E-state index contributed by atoms with van der Waals surface area (Å²) >= 11 is 0. The normalized spacial score (nSPS) is 12.4. The first-order valence-corrected chi connectivity index (χ1v) is 13.4. The highest BCUT2D eigenvalue weighted by Crippen LogP contribution is 2.31. The molecule has 0 saturated heterocycles. The molecule has 7 heteroatoms. The van der Waals surface area contributed by atoms with Crippen molar-refractivity contribution in [1.82, 2.24) is 5.32 Å². The van der Waals surface area contributed by atoms with E-state index < -0.39 is 35.2 Å². The molecule has 0 fully saturated rings. The molecule has 1 atom stereocenters. The monoisotopic (exact) mass is 499 g/mol. The van der Waals surface area contributed by atoms with Crippen molar-refractivity contribution < 1.29 is 27.5 Å². The number of alkyl halides is 3. The van der Waals surface area contributed by atoms with E-state index in [1.54, 1.807) is 0 Å². The Hall–Kier alpha value is -2.05. The lowest BCUT2D eigenvalue weighted by Crippen LogP contribution is -2.40. The summed E-state index contributed by atoms with van der Waals surface area (Å²) < 4.78 is 44.4. The summed E-state index contributed by atoms with van der Waals surface area (Å²) in [6.07, 6.45) is 14.0. The maximum absolute atomic E-state index is 13.1. The zero-order valence-electron chi connectivity index (χ0n) is 21.6. The molecule has 0 aliphatic rings. The molecule has 0 unspecified atom stereocenters. The molecule has 0 spiro atoms. The highest BCUT2D eigenvalue weighted by Gasteiger charge is 2.35. The molecule has 1 rings (SSSR count). The second-order valence-electron chi connectivity index (χ2n) is 9.36. The molecular formula is C28H44F3NO3. The number of carbonyl (C=O) groups excluding carboxylic acids is 2. The van der Waals surface area contributed by atoms with E-state index in [0.717, 1.165) is 31.4 Å². The maximum Gasteiger partial charge on any atom is 0.417 e. The largest absolute Gasteiger partial charge is 0.464 e. The third-order valence-corrected chi connectivity index (χ3v) is 6.17. The number of nitrogens with one attached hydrogen (secondary N) is 1. The Morgan fingerprint density at radius 1 is 0.800 bits per heavy atom. The molecule has 200 valence electrons. The molecule has 1 N–H and O–H groups in total. The van der Waals surface area contributed by atoms with Gasteiger partial charge in [-0.1, -0.05) is 109 Å². The van der Waals surface area contributed by atoms with Crippen LogP contribution in [0.5, 0.6) is 0 Å². The van der Waals surface area contributed by atoms with Gasteiger partial charge in [-0.2, -0.15) is 13.2 Å². The van der Waals surface area contributed by atoms with Crippen LogP contribution < -0.4 is 5.32 Å². The topological polar surface area (TPSA) is 55.4 Å². The molecule has 0 aliphatic heterocycles. The molecule has 0 heterocycles. The number of amides is 1. The molecule has 0 aliphatic carbocycles. The van der Waals surface area contributed by atoms with E-state index in [-0.39, 0.29) is 6.61 Å². The summed E-state index contributed by atoms with van der Waals surface area (Å²) in [5, 5.41) is 2.30. The van der Waals surface area contributed by atoms with Crippen LogP contribution in [0.3, 0.4) is 0 Å². The van der Waals surface area contributed by atoms with Crippen LogP contribution in [0.25, 0.3) is 0 Å². The van der Waals surface area contributed by atoms with Crippen molar-refractivity contribution >= 4 is 11.9 Å². The number of carbonyl (C=O) groups is 2. The predicted molar refractivity (Wildman–Crippen MR) is 134 cm³/mol. The van der Waals surface area contributed by atoms with Crippen LogP contribution in [0.15, 0.2) is 24.3 Å². The van der Waals surface area contributed by atoms with Gasteiger partial charge in [0.15, 0.2) is 0 Å². The number of ether oxygens (including phenoxy) is 1. The number of rotatable bonds is 19. The highest BCUT2D eigenvalue weighted by atomic mass is 19.4. The van der Waals surface area contributed by atoms with E-state index in [2.05, 4.69) is 12.2 Å². The smallest absolute Gasteiger partial charge is 0.417 e. The average Bonchev–Trinajstić information content (AvgIpc) is 2.83. The van der Waals surface area contributed by atoms with Crippen molar-refractivity contribution in [1.29, 1.82) is 0 Å². The molecular weight excluding hydrogens is 455 g/mol. The van der Waals surface area contributed by atoms with Crippen molar-refractivity contribution in [3.63, 3.8) is 0 Å². The fraction of sp³-hybridized carbons (Fsp3) is 0.714. The number of esters is 1. The summed E-state index contributed by atoms with van der Waals surface area (Å²) in [4.78, 5) is 24.3. The maximum atomic E-state index is 13.1. The van der Waals surface area contributed by atoms with E-state index in [1.807, 2.05) is 0 Å². The second-order valence-corrected chi connectivity index (χ2v) is 9.36. The Morgan fingerprint density at radius 3 is 1.74 bits per heavy atom. The molecule has 4 nitrogen and oxygen atoms in total. The average molecular weight is 500 g/mol. The van der Waals surface area contributed by atoms with Gasteiger partial charge < -0.3 is 10.1 Å². The third-order valence-electron chi connectivity index (χ3n) is 6.17. The summed E-state index contributed by atoms with van der Waals surface area (Å²) in [5.41, 5.74) is -1.54. The molecule has 1 amide bonds. The minimum absolute atomic E-state index is 0.246. The second kappa shape index (κ2) is 18.3. The van der Waals surface area contributed by atoms with Crippen molar-refractivity contribution in [3.8, 4) is 0 Å². The van der Waals surface area contributed by atoms with Crippen molar-refractivity contribution in [2.75, 3.05) is 6.61 Å². The van der Waals surface area contributed by atoms with Gasteiger partial charge in [0, 0.05) is 0 Å². The van der Waals surface area contributed by atoms with Crippen LogP contribution in [0, 0.1) is 0 Å². The van der Waals surface area contributed by atoms with Gasteiger partial charge in [-0.25, -0.2) is 4.79 Å². The number of benzene rings is 1. The van der Waals surface area contributed by atoms with Crippen LogP contribution in [-0.2, 0) is 15.7 Å². The first-order chi connectivity index (χ1) is 16.8. The molecule has 0 radical (unpaired) electrons. The van der Waals surface area contributed by atoms with Gasteiger partial charge in [-0.15, -0.1) is 0 Å². The van der Waals surface area contributed by atoms with Gasteiger partial charge in [0.05, 0.1) is 17.7 Å². The number of halogens is 3. The summed E-state index contributed by atoms with van der Waals surface area (Å²) in [7, 11) is 0. The zero-order valence-corrected chi connectivity index (χ0v) is 21.6. The van der Waals surface area contributed by atoms with Gasteiger partial charge in [0.25, 0.3) is 5.91 Å². The standard InChI is InChI=1S/C28H44F3NO3/c1-3-4-5-6-7-8-9-10-11-12-13-14-15-16-19-22-35-27(34)23(2)32-26(33)24-20-17-18-21-25(24)28(29,30)31/h17-18,20-21,23H,3-16,19,22H2,1-2H3,(H,32,33)/t23-/m0/s1. The number of unbranched alkanes of at least 4 members (excludes halogenated alkanes) is 14. The van der Waals surface area contributed by atoms with Crippen LogP contribution in [0.1, 0.15) is 126 Å². The molecule has 1 aromatic carbocycles. The van der Waals surface area contributed by atoms with Gasteiger partial charge >= 0.3 is 12.1 Å². The SMILES string of the molecule is CCCCCCCCCCCCCCCCCOC(=O)[C@H](C)NC(=O)c1ccccc1C(F)(F)F. The van der Waals surface area contributed by atoms with Crippen LogP contribution in [0.4, 0.5) is 13.2 Å². The lowest BCUT2D eigenvalue weighted by atomic mass is 10.0. The minimum Gasteiger partial charge on any atom is -0.464 e. The van der Waals surface area contributed by atoms with Crippen LogP contribution in [-0.4, -0.2) is 24.5 Å². The number of hydrogen-bond acceptors (Lipinski definition) is 3. The molecule has 0 aromatic heterocycles. The van der Waals surface area contributed by atoms with Gasteiger partial charge in [-0.3, -0.25) is 4.79 Å². The fourth-order valence-corrected chi connectivity index (χ4v) is 4.03. The van der Waals surface area contributed by atoms with E-state index in [0.29, 0.717) is 0 Å². The highest BCUT2D eigenvalue weighted by molar-refractivity contribution is 5.98. The Labute approximate surface area is 209 Å². The van der Waals surface area contributed by atoms with E-state index in [9.17, 15) is 22.8 Å². The van der Waals surface area contributed by atoms with Gasteiger partial charge in [0.2, 0.25) is 0 Å². The van der Waals surface area contributed by atoms with Gasteiger partial charge in [0.1, 0.15) is 6.04 Å². The van der Waals surface area contributed by atoms with E-state index in [4.69, 9.17) is 4.74 Å². The van der Waals surface area contributed by atoms with Crippen molar-refractivity contribution in [3.05, 3.63) is 35.4 Å².